The Kier molecular flexibility index (Phi) is 5.90. The Morgan fingerprint density at radius 2 is 1.76 bits per heavy atom. The van der Waals surface area contributed by atoms with Crippen molar-refractivity contribution in [3.63, 3.8) is 0 Å². The maximum Gasteiger partial charge on any atom is 0.239 e. The molecule has 1 saturated carbocycles. The van der Waals surface area contributed by atoms with Gasteiger partial charge in [0.05, 0.1) is 22.7 Å². The van der Waals surface area contributed by atoms with E-state index in [9.17, 15) is 13.2 Å². The van der Waals surface area contributed by atoms with E-state index >= 15 is 0 Å². The van der Waals surface area contributed by atoms with Crippen LogP contribution in [0.4, 0.5) is 5.69 Å². The number of anilines is 1. The van der Waals surface area contributed by atoms with Crippen molar-refractivity contribution in [3.05, 3.63) is 59.7 Å². The summed E-state index contributed by atoms with van der Waals surface area (Å²) in [6.07, 6.45) is 6.51. The van der Waals surface area contributed by atoms with E-state index in [1.807, 2.05) is 12.1 Å². The van der Waals surface area contributed by atoms with Crippen molar-refractivity contribution >= 4 is 21.4 Å². The van der Waals surface area contributed by atoms with Crippen molar-refractivity contribution in [2.75, 3.05) is 11.9 Å². The molecule has 4 rings (SSSR count). The summed E-state index contributed by atoms with van der Waals surface area (Å²) >= 11 is 0. The summed E-state index contributed by atoms with van der Waals surface area (Å²) in [5, 5.41) is 5.93. The molecular weight excluding hydrogens is 384 g/mol. The second-order valence-electron chi connectivity index (χ2n) is 8.04. The van der Waals surface area contributed by atoms with E-state index in [1.165, 1.54) is 11.1 Å². The molecule has 2 N–H and O–H groups in total. The number of amides is 1. The van der Waals surface area contributed by atoms with E-state index in [0.717, 1.165) is 44.9 Å². The van der Waals surface area contributed by atoms with E-state index in [2.05, 4.69) is 22.8 Å². The second kappa shape index (κ2) is 8.57. The average Bonchev–Trinajstić information content (AvgIpc) is 3.29. The molecule has 1 atom stereocenters. The summed E-state index contributed by atoms with van der Waals surface area (Å²) in [6, 6.07) is 15.1. The minimum atomic E-state index is -3.30. The van der Waals surface area contributed by atoms with Gasteiger partial charge in [-0.2, -0.15) is 0 Å². The Hall–Kier alpha value is -2.34. The lowest BCUT2D eigenvalue weighted by Crippen LogP contribution is -2.35. The molecule has 0 aromatic heterocycles. The van der Waals surface area contributed by atoms with Gasteiger partial charge >= 0.3 is 0 Å². The molecule has 5 nitrogen and oxygen atoms in total. The lowest BCUT2D eigenvalue weighted by Gasteiger charge is -2.26. The maximum atomic E-state index is 12.8. The van der Waals surface area contributed by atoms with Crippen LogP contribution in [0.1, 0.15) is 55.7 Å². The summed E-state index contributed by atoms with van der Waals surface area (Å²) in [5.74, 6) is -0.0873. The fraction of sp³-hybridized carbons (Fsp3) is 0.435. The molecule has 2 aliphatic carbocycles. The van der Waals surface area contributed by atoms with Gasteiger partial charge in [0.2, 0.25) is 5.91 Å². The lowest BCUT2D eigenvalue weighted by molar-refractivity contribution is -0.120. The first-order chi connectivity index (χ1) is 14.0. The molecule has 6 heteroatoms. The molecule has 1 fully saturated rings. The lowest BCUT2D eigenvalue weighted by atomic mass is 9.88. The summed E-state index contributed by atoms with van der Waals surface area (Å²) in [4.78, 5) is 12.8. The first kappa shape index (κ1) is 20.0. The zero-order valence-corrected chi connectivity index (χ0v) is 17.4. The number of hydrogen-bond acceptors (Lipinski definition) is 4. The minimum absolute atomic E-state index is 0.0447. The van der Waals surface area contributed by atoms with Crippen LogP contribution in [-0.2, 0) is 21.1 Å². The van der Waals surface area contributed by atoms with Gasteiger partial charge in [-0.3, -0.25) is 4.79 Å². The van der Waals surface area contributed by atoms with Crippen LogP contribution in [0.3, 0.4) is 0 Å². The van der Waals surface area contributed by atoms with Crippen LogP contribution < -0.4 is 10.6 Å². The van der Waals surface area contributed by atoms with Crippen LogP contribution in [0.2, 0.25) is 0 Å². The highest BCUT2D eigenvalue weighted by atomic mass is 32.2. The summed E-state index contributed by atoms with van der Waals surface area (Å²) in [6.45, 7) is 0.117. The number of fused-ring (bicyclic) bond motifs is 1. The third kappa shape index (κ3) is 4.47. The van der Waals surface area contributed by atoms with Gasteiger partial charge in [0.1, 0.15) is 0 Å². The molecule has 0 saturated heterocycles. The van der Waals surface area contributed by atoms with Gasteiger partial charge in [0.15, 0.2) is 9.84 Å². The van der Waals surface area contributed by atoms with Crippen LogP contribution in [0.5, 0.6) is 0 Å². The standard InChI is InChI=1S/C23H28N2O3S/c26-23(25-22-14-5-8-17-7-1-4-13-21(17)22)16-24-18-9-6-12-20(15-18)29(27,28)19-10-2-3-11-19/h1,4,6-7,9,12-13,15,19,22,24H,2-3,5,8,10-11,14,16H2,(H,25,26). The molecule has 0 aliphatic heterocycles. The maximum absolute atomic E-state index is 12.8. The largest absolute Gasteiger partial charge is 0.376 e. The number of carbonyl (C=O) groups is 1. The number of hydrogen-bond donors (Lipinski definition) is 2. The molecule has 29 heavy (non-hydrogen) atoms. The van der Waals surface area contributed by atoms with Gasteiger partial charge in [-0.1, -0.05) is 43.2 Å². The van der Waals surface area contributed by atoms with Gasteiger partial charge in [0, 0.05) is 5.69 Å². The van der Waals surface area contributed by atoms with Crippen molar-refractivity contribution in [3.8, 4) is 0 Å². The van der Waals surface area contributed by atoms with Gasteiger partial charge in [-0.05, 0) is 61.4 Å². The van der Waals surface area contributed by atoms with Crippen molar-refractivity contribution in [2.45, 2.75) is 61.1 Å². The van der Waals surface area contributed by atoms with Crippen molar-refractivity contribution < 1.29 is 13.2 Å². The predicted molar refractivity (Wildman–Crippen MR) is 115 cm³/mol. The third-order valence-electron chi connectivity index (χ3n) is 6.06. The molecule has 2 aliphatic rings. The Morgan fingerprint density at radius 1 is 0.966 bits per heavy atom. The van der Waals surface area contributed by atoms with Crippen LogP contribution in [0.15, 0.2) is 53.4 Å². The summed E-state index contributed by atoms with van der Waals surface area (Å²) in [7, 11) is -3.30. The van der Waals surface area contributed by atoms with E-state index in [1.54, 1.807) is 24.3 Å². The summed E-state index contributed by atoms with van der Waals surface area (Å²) in [5.41, 5.74) is 3.17. The van der Waals surface area contributed by atoms with Crippen molar-refractivity contribution in [1.29, 1.82) is 0 Å². The number of carbonyl (C=O) groups excluding carboxylic acids is 1. The minimum Gasteiger partial charge on any atom is -0.376 e. The first-order valence-corrected chi connectivity index (χ1v) is 12.0. The normalized spacial score (nSPS) is 19.5. The predicted octanol–water partition coefficient (Wildman–Crippen LogP) is 4.01. The average molecular weight is 413 g/mol. The van der Waals surface area contributed by atoms with E-state index in [-0.39, 0.29) is 23.7 Å². The Balaban J connectivity index is 1.38. The topological polar surface area (TPSA) is 75.3 Å². The number of sulfone groups is 1. The van der Waals surface area contributed by atoms with Gasteiger partial charge < -0.3 is 10.6 Å². The molecule has 1 unspecified atom stereocenters. The van der Waals surface area contributed by atoms with Crippen LogP contribution >= 0.6 is 0 Å². The highest BCUT2D eigenvalue weighted by molar-refractivity contribution is 7.92. The zero-order valence-electron chi connectivity index (χ0n) is 16.6. The van der Waals surface area contributed by atoms with Crippen molar-refractivity contribution in [2.24, 2.45) is 0 Å². The SMILES string of the molecule is O=C(CNc1cccc(S(=O)(=O)C2CCCC2)c1)NC1CCCc2ccccc21. The molecule has 1 amide bonds. The number of aryl methyl sites for hydroxylation is 1. The molecule has 0 bridgehead atoms. The second-order valence-corrected chi connectivity index (χ2v) is 10.3. The first-order valence-electron chi connectivity index (χ1n) is 10.5. The zero-order chi connectivity index (χ0) is 20.3. The smallest absolute Gasteiger partial charge is 0.239 e. The van der Waals surface area contributed by atoms with E-state index < -0.39 is 9.84 Å². The molecular formula is C23H28N2O3S. The van der Waals surface area contributed by atoms with Crippen LogP contribution in [0, 0.1) is 0 Å². The molecule has 0 spiro atoms. The van der Waals surface area contributed by atoms with Crippen molar-refractivity contribution in [1.82, 2.24) is 5.32 Å². The Labute approximate surface area is 172 Å². The quantitative estimate of drug-likeness (QED) is 0.752. The molecule has 0 heterocycles. The number of benzene rings is 2. The fourth-order valence-electron chi connectivity index (χ4n) is 4.51. The monoisotopic (exact) mass is 412 g/mol. The number of rotatable bonds is 6. The molecule has 154 valence electrons. The van der Waals surface area contributed by atoms with Gasteiger partial charge in [0.25, 0.3) is 0 Å². The molecule has 2 aromatic carbocycles. The summed E-state index contributed by atoms with van der Waals surface area (Å²) < 4.78 is 25.6. The van der Waals surface area contributed by atoms with Crippen LogP contribution in [-0.4, -0.2) is 26.1 Å². The Bertz CT molecular complexity index is 981. The van der Waals surface area contributed by atoms with Gasteiger partial charge in [-0.25, -0.2) is 8.42 Å². The third-order valence-corrected chi connectivity index (χ3v) is 8.32. The highest BCUT2D eigenvalue weighted by Crippen LogP contribution is 2.31. The van der Waals surface area contributed by atoms with Gasteiger partial charge in [-0.15, -0.1) is 0 Å². The highest BCUT2D eigenvalue weighted by Gasteiger charge is 2.30. The Morgan fingerprint density at radius 3 is 2.59 bits per heavy atom. The number of nitrogens with one attached hydrogen (secondary N) is 2. The molecule has 0 radical (unpaired) electrons. The van der Waals surface area contributed by atoms with E-state index in [4.69, 9.17) is 0 Å². The fourth-order valence-corrected chi connectivity index (χ4v) is 6.40. The molecule has 2 aromatic rings. The van der Waals surface area contributed by atoms with Crippen LogP contribution in [0.25, 0.3) is 0 Å². The van der Waals surface area contributed by atoms with E-state index in [0.29, 0.717) is 10.6 Å².